The first kappa shape index (κ1) is 14.7. The zero-order chi connectivity index (χ0) is 16.6. The van der Waals surface area contributed by atoms with Crippen molar-refractivity contribution in [3.63, 3.8) is 0 Å². The molecule has 2 nitrogen and oxygen atoms in total. The number of rotatable bonds is 2. The van der Waals surface area contributed by atoms with Gasteiger partial charge in [0.25, 0.3) is 0 Å². The highest BCUT2D eigenvalue weighted by molar-refractivity contribution is 5.42. The van der Waals surface area contributed by atoms with E-state index in [1.54, 1.807) is 0 Å². The van der Waals surface area contributed by atoms with E-state index in [1.807, 2.05) is 0 Å². The van der Waals surface area contributed by atoms with E-state index < -0.39 is 0 Å². The lowest BCUT2D eigenvalue weighted by Gasteiger charge is -2.31. The van der Waals surface area contributed by atoms with Gasteiger partial charge in [-0.3, -0.25) is 0 Å². The van der Waals surface area contributed by atoms with Crippen molar-refractivity contribution >= 4 is 0 Å². The summed E-state index contributed by atoms with van der Waals surface area (Å²) in [5.74, 6) is 1.86. The third kappa shape index (κ3) is 2.45. The molecule has 0 saturated carbocycles. The summed E-state index contributed by atoms with van der Waals surface area (Å²) in [7, 11) is 0. The minimum Gasteiger partial charge on any atom is -0.493 e. The molecule has 2 heteroatoms. The van der Waals surface area contributed by atoms with Crippen LogP contribution in [0.4, 0.5) is 0 Å². The molecule has 1 fully saturated rings. The van der Waals surface area contributed by atoms with Crippen LogP contribution in [-0.2, 0) is 0 Å². The summed E-state index contributed by atoms with van der Waals surface area (Å²) in [5.41, 5.74) is 4.03. The van der Waals surface area contributed by atoms with Gasteiger partial charge in [0.2, 0.25) is 0 Å². The first-order valence-electron chi connectivity index (χ1n) is 8.99. The van der Waals surface area contributed by atoms with Crippen LogP contribution in [0.5, 0.6) is 5.75 Å². The normalized spacial score (nSPS) is 27.2. The Morgan fingerprint density at radius 2 is 1.32 bits per heavy atom. The van der Waals surface area contributed by atoms with Crippen LogP contribution in [0.3, 0.4) is 0 Å². The van der Waals surface area contributed by atoms with Crippen LogP contribution in [-0.4, -0.2) is 6.61 Å². The summed E-state index contributed by atoms with van der Waals surface area (Å²) in [4.78, 5) is 0. The second-order valence-corrected chi connectivity index (χ2v) is 6.98. The molecular formula is C23H21NO. The van der Waals surface area contributed by atoms with E-state index in [2.05, 4.69) is 90.2 Å². The van der Waals surface area contributed by atoms with E-state index in [9.17, 15) is 0 Å². The number of hydrogen-bond acceptors (Lipinski definition) is 2. The molecular weight excluding hydrogens is 306 g/mol. The van der Waals surface area contributed by atoms with Crippen LogP contribution >= 0.6 is 0 Å². The van der Waals surface area contributed by atoms with E-state index in [-0.39, 0.29) is 0 Å². The summed E-state index contributed by atoms with van der Waals surface area (Å²) < 4.78 is 6.13. The van der Waals surface area contributed by atoms with E-state index in [0.717, 1.165) is 12.4 Å². The molecule has 0 bridgehead atoms. The Hall–Kier alpha value is -2.58. The zero-order valence-electron chi connectivity index (χ0n) is 14.0. The number of benzene rings is 3. The maximum atomic E-state index is 6.13. The highest BCUT2D eigenvalue weighted by Gasteiger charge is 2.47. The fourth-order valence-corrected chi connectivity index (χ4v) is 4.53. The Morgan fingerprint density at radius 1 is 0.680 bits per heavy atom. The largest absolute Gasteiger partial charge is 0.493 e. The van der Waals surface area contributed by atoms with Crippen LogP contribution in [0.2, 0.25) is 0 Å². The standard InChI is InChI=1S/C23H21NO/c1-3-9-16(10-4-1)21-19-15-25-20-14-8-7-13-18(20)23(19)24-22(21)17-11-5-2-6-12-17/h1-14,19,21-24H,15H2/t19-,21-,22+,23-/m0/s1. The molecule has 4 atom stereocenters. The third-order valence-corrected chi connectivity index (χ3v) is 5.64. The molecule has 0 aromatic heterocycles. The SMILES string of the molecule is c1ccc([C@H]2[C@@H]3COc4ccccc4[C@@H]3N[C@@H]2c2ccccc2)cc1. The summed E-state index contributed by atoms with van der Waals surface area (Å²) >= 11 is 0. The van der Waals surface area contributed by atoms with Gasteiger partial charge >= 0.3 is 0 Å². The molecule has 3 aromatic carbocycles. The van der Waals surface area contributed by atoms with Gasteiger partial charge in [-0.2, -0.15) is 0 Å². The fourth-order valence-electron chi connectivity index (χ4n) is 4.53. The molecule has 3 aromatic rings. The molecule has 5 rings (SSSR count). The second kappa shape index (κ2) is 6.05. The molecule has 0 unspecified atom stereocenters. The minimum absolute atomic E-state index is 0.299. The average Bonchev–Trinajstić information content (AvgIpc) is 3.09. The maximum absolute atomic E-state index is 6.13. The third-order valence-electron chi connectivity index (χ3n) is 5.64. The van der Waals surface area contributed by atoms with Crippen molar-refractivity contribution in [1.82, 2.24) is 5.32 Å². The van der Waals surface area contributed by atoms with Crippen LogP contribution in [0, 0.1) is 5.92 Å². The molecule has 2 aliphatic rings. The average molecular weight is 327 g/mol. The zero-order valence-corrected chi connectivity index (χ0v) is 14.0. The first-order chi connectivity index (χ1) is 12.4. The van der Waals surface area contributed by atoms with Gasteiger partial charge in [-0.1, -0.05) is 78.9 Å². The van der Waals surface area contributed by atoms with Crippen molar-refractivity contribution in [3.8, 4) is 5.75 Å². The van der Waals surface area contributed by atoms with E-state index >= 15 is 0 Å². The predicted molar refractivity (Wildman–Crippen MR) is 99.7 cm³/mol. The molecule has 0 spiro atoms. The summed E-state index contributed by atoms with van der Waals surface area (Å²) in [6.07, 6.45) is 0. The molecule has 0 aliphatic carbocycles. The minimum atomic E-state index is 0.299. The van der Waals surface area contributed by atoms with Gasteiger partial charge in [0.1, 0.15) is 5.75 Å². The number of hydrogen-bond donors (Lipinski definition) is 1. The van der Waals surface area contributed by atoms with Gasteiger partial charge < -0.3 is 10.1 Å². The topological polar surface area (TPSA) is 21.3 Å². The Morgan fingerprint density at radius 3 is 2.08 bits per heavy atom. The maximum Gasteiger partial charge on any atom is 0.124 e. The van der Waals surface area contributed by atoms with Crippen molar-refractivity contribution in [3.05, 3.63) is 102 Å². The monoisotopic (exact) mass is 327 g/mol. The van der Waals surface area contributed by atoms with Crippen molar-refractivity contribution in [1.29, 1.82) is 0 Å². The molecule has 1 saturated heterocycles. The van der Waals surface area contributed by atoms with E-state index in [4.69, 9.17) is 4.74 Å². The quantitative estimate of drug-likeness (QED) is 0.725. The summed E-state index contributed by atoms with van der Waals surface area (Å²) in [5, 5.41) is 3.93. The van der Waals surface area contributed by atoms with Gasteiger partial charge in [-0.05, 0) is 17.2 Å². The highest BCUT2D eigenvalue weighted by Crippen LogP contribution is 2.52. The molecule has 124 valence electrons. The fraction of sp³-hybridized carbons (Fsp3) is 0.217. The van der Waals surface area contributed by atoms with Gasteiger partial charge in [-0.15, -0.1) is 0 Å². The first-order valence-corrected chi connectivity index (χ1v) is 8.99. The van der Waals surface area contributed by atoms with Gasteiger partial charge in [-0.25, -0.2) is 0 Å². The number of fused-ring (bicyclic) bond motifs is 3. The van der Waals surface area contributed by atoms with Gasteiger partial charge in [0.05, 0.1) is 6.61 Å². The smallest absolute Gasteiger partial charge is 0.124 e. The Kier molecular flexibility index (Phi) is 3.57. The van der Waals surface area contributed by atoms with Crippen LogP contribution in [0.1, 0.15) is 34.7 Å². The lowest BCUT2D eigenvalue weighted by molar-refractivity contribution is 0.193. The Balaban J connectivity index is 1.62. The second-order valence-electron chi connectivity index (χ2n) is 6.98. The summed E-state index contributed by atoms with van der Waals surface area (Å²) in [6.45, 7) is 0.761. The molecule has 25 heavy (non-hydrogen) atoms. The lowest BCUT2D eigenvalue weighted by Crippen LogP contribution is -2.28. The molecule has 0 amide bonds. The van der Waals surface area contributed by atoms with Crippen molar-refractivity contribution < 1.29 is 4.74 Å². The van der Waals surface area contributed by atoms with Gasteiger partial charge in [0.15, 0.2) is 0 Å². The predicted octanol–water partition coefficient (Wildman–Crippen LogP) is 4.86. The highest BCUT2D eigenvalue weighted by atomic mass is 16.5. The van der Waals surface area contributed by atoms with E-state index in [1.165, 1.54) is 16.7 Å². The van der Waals surface area contributed by atoms with Crippen LogP contribution in [0.15, 0.2) is 84.9 Å². The number of para-hydroxylation sites is 1. The molecule has 2 aliphatic heterocycles. The molecule has 1 N–H and O–H groups in total. The van der Waals surface area contributed by atoms with Crippen molar-refractivity contribution in [2.45, 2.75) is 18.0 Å². The molecule has 2 heterocycles. The van der Waals surface area contributed by atoms with Gasteiger partial charge in [0, 0.05) is 29.5 Å². The Bertz CT molecular complexity index is 862. The number of ether oxygens (including phenoxy) is 1. The van der Waals surface area contributed by atoms with Crippen molar-refractivity contribution in [2.24, 2.45) is 5.92 Å². The summed E-state index contributed by atoms with van der Waals surface area (Å²) in [6, 6.07) is 30.8. The van der Waals surface area contributed by atoms with Crippen molar-refractivity contribution in [2.75, 3.05) is 6.61 Å². The van der Waals surface area contributed by atoms with Crippen LogP contribution in [0.25, 0.3) is 0 Å². The van der Waals surface area contributed by atoms with E-state index in [0.29, 0.717) is 23.9 Å². The number of nitrogens with one attached hydrogen (secondary N) is 1. The van der Waals surface area contributed by atoms with Crippen LogP contribution < -0.4 is 10.1 Å². The lowest BCUT2D eigenvalue weighted by atomic mass is 9.78. The Labute approximate surface area is 148 Å². The molecule has 0 radical (unpaired) electrons.